The maximum atomic E-state index is 11.7. The van der Waals surface area contributed by atoms with Gasteiger partial charge < -0.3 is 47.2 Å². The van der Waals surface area contributed by atoms with Gasteiger partial charge in [0.1, 0.15) is 0 Å². The van der Waals surface area contributed by atoms with E-state index in [9.17, 15) is 27.6 Å². The first-order valence-electron chi connectivity index (χ1n) is 32.2. The van der Waals surface area contributed by atoms with Gasteiger partial charge in [-0.15, -0.1) is 0 Å². The number of methoxy groups -OCH3 is 2. The minimum absolute atomic E-state index is 0. The molecule has 0 amide bonds. The molecule has 0 bridgehead atoms. The van der Waals surface area contributed by atoms with E-state index in [0.29, 0.717) is 47.0 Å². The molecule has 3 fully saturated rings. The molecule has 0 spiro atoms. The van der Waals surface area contributed by atoms with E-state index in [1.165, 1.54) is 27.1 Å². The molecule has 0 unspecified atom stereocenters. The number of carbonyl (C=O) groups is 3. The number of carboxylic acids is 1. The molecule has 3 aliphatic carbocycles. The van der Waals surface area contributed by atoms with Crippen LogP contribution in [0.2, 0.25) is 0 Å². The Kier molecular flexibility index (Phi) is 37.7. The van der Waals surface area contributed by atoms with Gasteiger partial charge in [-0.1, -0.05) is 65.6 Å². The Morgan fingerprint density at radius 2 is 0.867 bits per heavy atom. The summed E-state index contributed by atoms with van der Waals surface area (Å²) in [6.07, 6.45) is 24.2. The molecule has 3 aliphatic rings. The Bertz CT molecular complexity index is 4250. The number of alkyl halides is 3. The van der Waals surface area contributed by atoms with Gasteiger partial charge in [-0.2, -0.15) is 44.3 Å². The molecule has 9 aromatic rings. The van der Waals surface area contributed by atoms with E-state index in [0.717, 1.165) is 138 Å². The molecular weight excluding hydrogens is 1350 g/mol. The van der Waals surface area contributed by atoms with Gasteiger partial charge >= 0.3 is 42.9 Å². The third-order valence-electron chi connectivity index (χ3n) is 16.9. The van der Waals surface area contributed by atoms with E-state index in [-0.39, 0.29) is 81.4 Å². The van der Waals surface area contributed by atoms with E-state index in [2.05, 4.69) is 97.1 Å². The van der Waals surface area contributed by atoms with Crippen molar-refractivity contribution in [1.29, 1.82) is 15.8 Å². The number of hydrogen-bond donors (Lipinski definition) is 6. The minimum atomic E-state index is -4.18. The number of nitrogens with one attached hydrogen (secondary N) is 4. The van der Waals surface area contributed by atoms with Gasteiger partial charge in [0.2, 0.25) is 17.8 Å². The second kappa shape index (κ2) is 43.9. The van der Waals surface area contributed by atoms with E-state index >= 15 is 0 Å². The number of carbonyl (C=O) groups excluding carboxylic acids is 2. The molecular formula is C74H93F3LiN19O8. The number of nitrogens with two attached hydrogens (primary N) is 1. The van der Waals surface area contributed by atoms with Gasteiger partial charge in [0.25, 0.3) is 0 Å². The number of ether oxygens (including phenoxy) is 2. The summed E-state index contributed by atoms with van der Waals surface area (Å²) in [5.41, 5.74) is 15.5. The summed E-state index contributed by atoms with van der Waals surface area (Å²) >= 11 is 0. The first kappa shape index (κ1) is 90.2. The van der Waals surface area contributed by atoms with Crippen LogP contribution in [0.5, 0.6) is 0 Å². The van der Waals surface area contributed by atoms with Gasteiger partial charge in [0, 0.05) is 71.6 Å². The Morgan fingerprint density at radius 3 is 1.15 bits per heavy atom. The average molecular weight is 1440 g/mol. The van der Waals surface area contributed by atoms with Crippen LogP contribution >= 0.6 is 0 Å². The zero-order valence-corrected chi connectivity index (χ0v) is 57.7. The van der Waals surface area contributed by atoms with E-state index in [1.807, 2.05) is 66.8 Å². The van der Waals surface area contributed by atoms with Crippen LogP contribution in [0, 0.1) is 78.4 Å². The van der Waals surface area contributed by atoms with Crippen LogP contribution in [0.3, 0.4) is 0 Å². The van der Waals surface area contributed by atoms with Crippen LogP contribution in [-0.4, -0.2) is 121 Å². The summed E-state index contributed by atoms with van der Waals surface area (Å²) in [7, 11) is 2.72. The zero-order valence-electron chi connectivity index (χ0n) is 57.7. The second-order valence-corrected chi connectivity index (χ2v) is 24.2. The summed E-state index contributed by atoms with van der Waals surface area (Å²) in [5.74, 6) is 1.30. The molecule has 12 rings (SSSR count). The van der Waals surface area contributed by atoms with Crippen molar-refractivity contribution in [2.24, 2.45) is 29.4 Å². The number of esters is 2. The average Bonchev–Trinajstić information content (AvgIpc) is 1.62. The molecule has 0 aliphatic heterocycles. The van der Waals surface area contributed by atoms with Crippen molar-refractivity contribution in [2.45, 2.75) is 145 Å². The van der Waals surface area contributed by atoms with Crippen LogP contribution in [-0.2, 0) is 9.47 Å². The number of benzene rings is 3. The number of aromatic nitrogens is 12. The molecule has 6 heterocycles. The third kappa shape index (κ3) is 26.7. The van der Waals surface area contributed by atoms with Crippen LogP contribution in [0.25, 0.3) is 33.8 Å². The molecule has 0 saturated heterocycles. The Hall–Kier alpha value is -10.9. The Morgan fingerprint density at radius 1 is 0.552 bits per heavy atom. The number of carboxylic acid groups (broad SMARTS) is 1. The topological polar surface area (TPSA) is 427 Å². The van der Waals surface area contributed by atoms with Crippen molar-refractivity contribution < 1.29 is 71.9 Å². The van der Waals surface area contributed by atoms with Gasteiger partial charge in [-0.3, -0.25) is 14.5 Å². The third-order valence-corrected chi connectivity index (χ3v) is 16.9. The Balaban J connectivity index is 0.000000477. The molecule has 554 valence electrons. The van der Waals surface area contributed by atoms with E-state index in [4.69, 9.17) is 30.4 Å². The minimum Gasteiger partial charge on any atom is -0.870 e. The van der Waals surface area contributed by atoms with Crippen molar-refractivity contribution >= 4 is 52.8 Å². The molecule has 105 heavy (non-hydrogen) atoms. The number of aromatic carboxylic acids is 1. The summed E-state index contributed by atoms with van der Waals surface area (Å²) in [6, 6.07) is 28.6. The number of H-pyrrole nitrogens is 1. The normalized spacial score (nSPS) is 16.7. The number of rotatable bonds is 14. The van der Waals surface area contributed by atoms with Gasteiger partial charge in [-0.05, 0) is 157 Å². The largest absolute Gasteiger partial charge is 1.00 e. The monoisotopic (exact) mass is 1440 g/mol. The fraction of sp³-hybridized carbons (Fsp3) is 0.392. The summed E-state index contributed by atoms with van der Waals surface area (Å²) < 4.78 is 45.4. The fourth-order valence-electron chi connectivity index (χ4n) is 11.2. The molecule has 0 atom stereocenters. The maximum absolute atomic E-state index is 11.7. The summed E-state index contributed by atoms with van der Waals surface area (Å²) in [5, 5.41) is 60.8. The Labute approximate surface area is 622 Å². The molecule has 3 saturated carbocycles. The number of aromatic amines is 1. The quantitative estimate of drug-likeness (QED) is 0.0435. The van der Waals surface area contributed by atoms with Gasteiger partial charge in [0.15, 0.2) is 0 Å². The smallest absolute Gasteiger partial charge is 0.870 e. The predicted octanol–water partition coefficient (Wildman–Crippen LogP) is 12.2. The summed E-state index contributed by atoms with van der Waals surface area (Å²) in [6.45, 7) is 6.84. The number of anilines is 6. The van der Waals surface area contributed by atoms with Crippen LogP contribution < -0.4 is 40.5 Å². The van der Waals surface area contributed by atoms with Gasteiger partial charge in [-0.25, -0.2) is 44.3 Å². The zero-order chi connectivity index (χ0) is 71.0. The second-order valence-electron chi connectivity index (χ2n) is 24.2. The summed E-state index contributed by atoms with van der Waals surface area (Å²) in [4.78, 5) is 61.0. The number of nitriles is 3. The van der Waals surface area contributed by atoms with Crippen molar-refractivity contribution in [3.05, 3.63) is 162 Å². The number of halogens is 3. The van der Waals surface area contributed by atoms with Crippen LogP contribution in [0.1, 0.15) is 166 Å². The fourth-order valence-corrected chi connectivity index (χ4v) is 11.2. The maximum Gasteiger partial charge on any atom is 1.00 e. The van der Waals surface area contributed by atoms with Gasteiger partial charge in [0.05, 0.1) is 120 Å². The molecule has 0 radical (unpaired) electrons. The molecule has 31 heteroatoms. The predicted molar refractivity (Wildman–Crippen MR) is 390 cm³/mol. The number of hydrogen-bond acceptors (Lipinski definition) is 22. The molecule has 27 nitrogen and oxygen atoms in total. The number of nitrogens with zero attached hydrogens (tertiary/aromatic N) is 14. The van der Waals surface area contributed by atoms with Crippen molar-refractivity contribution in [3.63, 3.8) is 0 Å². The SMILES string of the molecule is C.C.C.CC1CCC(C#N)CC1.COC(=O)c1ccc(-c2nc(Nc3cn[nH]c3)ncc2C)cc1.COC(=O)c1ccc(-c2nc(Nc3cnn(C4CCC(C#N)CC4)c3)ncc2C)cc1.Cc1cnc(Nc2cnn(C3CCC(C#N)CC3)c2)nc1-c1ccc(C(=O)O)cc1.NCC(F)(F)F.O.[Li+].[OH-]. The standard InChI is InChI=1S/C23H24N6O2.C22H22N6O2.C16H15N5O2.C8H13N.C2H4F3N.3CH4.Li.2H2O/c1-15-12-25-23(28-21(15)17-5-7-18(8-6-17)22(30)31-2)27-19-13-26-29(14-19)20-9-3-16(11-24)4-10-20;1-14-11-24-22(27-20(14)16-4-6-17(7-5-16)21(29)30)26-18-12-25-28(13-18)19-8-2-15(10-23)3-9-19;1-10-7-17-16(20-13-8-18-19-9-13)21-14(10)11-3-5-12(6-4-11)15(22)23-2;1-7-2-4-8(6-9)5-3-7;3-2(4,5)1-6;;;;;;/h5-8,12-14,16,20H,3-4,9-10H2,1-2H3,(H,25,27,28);4-7,11-13,15,19H,2-3,8-9H2,1H3,(H,29,30)(H,24,26,27);3-9H,1-2H3,(H,18,19)(H,17,20,21);7-8H,2-5H2,1H3;1,6H2;3*1H4;;2*1H2/q;;;;;;;;+1;;/p-1. The van der Waals surface area contributed by atoms with Crippen LogP contribution in [0.4, 0.5) is 48.1 Å². The number of aryl methyl sites for hydroxylation is 3. The van der Waals surface area contributed by atoms with Crippen LogP contribution in [0.15, 0.2) is 129 Å². The first-order chi connectivity index (χ1) is 47.7. The molecule has 6 aromatic heterocycles. The van der Waals surface area contributed by atoms with E-state index in [1.54, 1.807) is 91.9 Å². The van der Waals surface area contributed by atoms with Crippen molar-refractivity contribution in [3.8, 4) is 52.0 Å². The van der Waals surface area contributed by atoms with Crippen molar-refractivity contribution in [1.82, 2.24) is 59.7 Å². The molecule has 3 aromatic carbocycles. The van der Waals surface area contributed by atoms with E-state index < -0.39 is 18.7 Å². The first-order valence-corrected chi connectivity index (χ1v) is 32.2. The molecule has 10 N–H and O–H groups in total. The van der Waals surface area contributed by atoms with Crippen molar-refractivity contribution in [2.75, 3.05) is 36.7 Å².